The fourth-order valence-electron chi connectivity index (χ4n) is 1.71. The fraction of sp³-hybridized carbons (Fsp3) is 0.778. The van der Waals surface area contributed by atoms with Crippen molar-refractivity contribution in [3.8, 4) is 0 Å². The first kappa shape index (κ1) is 9.24. The normalized spacial score (nSPS) is 22.2. The molecule has 1 aliphatic carbocycles. The van der Waals surface area contributed by atoms with E-state index in [0.29, 0.717) is 12.3 Å². The smallest absolute Gasteiger partial charge is 0.107 e. The molecule has 0 N–H and O–H groups in total. The third-order valence-electron chi connectivity index (χ3n) is 2.33. The fourth-order valence-corrected chi connectivity index (χ4v) is 1.90. The van der Waals surface area contributed by atoms with Crippen molar-refractivity contribution in [2.24, 2.45) is 5.92 Å². The summed E-state index contributed by atoms with van der Waals surface area (Å²) in [6.07, 6.45) is 7.00. The summed E-state index contributed by atoms with van der Waals surface area (Å²) in [5.41, 5.74) is 0. The van der Waals surface area contributed by atoms with Crippen LogP contribution >= 0.6 is 15.9 Å². The molecule has 0 aromatic rings. The highest BCUT2D eigenvalue weighted by atomic mass is 79.9. The van der Waals surface area contributed by atoms with Gasteiger partial charge < -0.3 is 0 Å². The molecule has 0 amide bonds. The summed E-state index contributed by atoms with van der Waals surface area (Å²) < 4.78 is 12.7. The van der Waals surface area contributed by atoms with Crippen LogP contribution in [0.4, 0.5) is 4.39 Å². The Bertz CT molecular complexity index is 136. The lowest BCUT2D eigenvalue weighted by atomic mass is 9.87. The van der Waals surface area contributed by atoms with Crippen molar-refractivity contribution in [2.75, 3.05) is 0 Å². The molecule has 0 bridgehead atoms. The first-order valence-corrected chi connectivity index (χ1v) is 5.19. The van der Waals surface area contributed by atoms with E-state index in [-0.39, 0.29) is 5.83 Å². The maximum atomic E-state index is 12.7. The van der Waals surface area contributed by atoms with Crippen LogP contribution in [0.25, 0.3) is 0 Å². The quantitative estimate of drug-likeness (QED) is 0.656. The third kappa shape index (κ3) is 3.37. The van der Waals surface area contributed by atoms with E-state index in [1.165, 1.54) is 37.1 Å². The lowest BCUT2D eigenvalue weighted by Gasteiger charge is -2.20. The van der Waals surface area contributed by atoms with Crippen molar-refractivity contribution in [2.45, 2.75) is 38.5 Å². The molecular formula is C9H14BrF. The van der Waals surface area contributed by atoms with Gasteiger partial charge in [0.2, 0.25) is 0 Å². The molecule has 11 heavy (non-hydrogen) atoms. The number of hydrogen-bond donors (Lipinski definition) is 0. The second-order valence-electron chi connectivity index (χ2n) is 3.26. The Morgan fingerprint density at radius 1 is 1.36 bits per heavy atom. The van der Waals surface area contributed by atoms with Gasteiger partial charge in [-0.15, -0.1) is 0 Å². The van der Waals surface area contributed by atoms with Gasteiger partial charge in [-0.05, 0) is 5.92 Å². The minimum absolute atomic E-state index is 0.00287. The SMILES string of the molecule is F/C(=C\Br)CC1CCCCC1. The first-order chi connectivity index (χ1) is 5.33. The molecule has 0 radical (unpaired) electrons. The molecule has 1 fully saturated rings. The Balaban J connectivity index is 2.24. The van der Waals surface area contributed by atoms with Crippen LogP contribution < -0.4 is 0 Å². The van der Waals surface area contributed by atoms with E-state index in [4.69, 9.17) is 0 Å². The summed E-state index contributed by atoms with van der Waals surface area (Å²) in [6, 6.07) is 0. The van der Waals surface area contributed by atoms with Gasteiger partial charge in [0.05, 0.1) is 0 Å². The summed E-state index contributed by atoms with van der Waals surface area (Å²) in [5, 5.41) is 0. The van der Waals surface area contributed by atoms with Gasteiger partial charge in [0, 0.05) is 11.4 Å². The van der Waals surface area contributed by atoms with Crippen LogP contribution in [-0.4, -0.2) is 0 Å². The maximum absolute atomic E-state index is 12.7. The van der Waals surface area contributed by atoms with Gasteiger partial charge >= 0.3 is 0 Å². The van der Waals surface area contributed by atoms with Crippen LogP contribution in [0.1, 0.15) is 38.5 Å². The van der Waals surface area contributed by atoms with E-state index in [1.807, 2.05) is 0 Å². The van der Waals surface area contributed by atoms with Crippen molar-refractivity contribution in [3.63, 3.8) is 0 Å². The van der Waals surface area contributed by atoms with Crippen LogP contribution in [0.3, 0.4) is 0 Å². The minimum Gasteiger partial charge on any atom is -0.211 e. The number of rotatable bonds is 2. The van der Waals surface area contributed by atoms with E-state index in [0.717, 1.165) is 0 Å². The van der Waals surface area contributed by atoms with Crippen molar-refractivity contribution in [1.29, 1.82) is 0 Å². The lowest BCUT2D eigenvalue weighted by Crippen LogP contribution is -2.05. The van der Waals surface area contributed by atoms with Crippen molar-refractivity contribution >= 4 is 15.9 Å². The topological polar surface area (TPSA) is 0 Å². The molecule has 0 unspecified atom stereocenters. The minimum atomic E-state index is -0.00287. The molecule has 0 saturated heterocycles. The summed E-state index contributed by atoms with van der Waals surface area (Å²) >= 11 is 3.00. The second kappa shape index (κ2) is 4.91. The molecule has 64 valence electrons. The average molecular weight is 221 g/mol. The summed E-state index contributed by atoms with van der Waals surface area (Å²) in [5.74, 6) is 0.606. The van der Waals surface area contributed by atoms with Gasteiger partial charge in [-0.2, -0.15) is 0 Å². The van der Waals surface area contributed by atoms with Gasteiger partial charge in [-0.25, -0.2) is 4.39 Å². The van der Waals surface area contributed by atoms with Crippen LogP contribution in [0.15, 0.2) is 10.8 Å². The molecule has 1 aliphatic rings. The summed E-state index contributed by atoms with van der Waals surface area (Å²) in [4.78, 5) is 1.40. The molecule has 0 heterocycles. The zero-order chi connectivity index (χ0) is 8.10. The van der Waals surface area contributed by atoms with Gasteiger partial charge in [-0.3, -0.25) is 0 Å². The third-order valence-corrected chi connectivity index (χ3v) is 2.82. The Morgan fingerprint density at radius 3 is 2.55 bits per heavy atom. The standard InChI is InChI=1S/C9H14BrF/c10-7-9(11)6-8-4-2-1-3-5-8/h7-8H,1-6H2/b9-7-. The molecule has 0 spiro atoms. The zero-order valence-corrected chi connectivity index (χ0v) is 8.24. The highest BCUT2D eigenvalue weighted by molar-refractivity contribution is 9.11. The molecule has 0 aromatic carbocycles. The van der Waals surface area contributed by atoms with Crippen molar-refractivity contribution < 1.29 is 4.39 Å². The van der Waals surface area contributed by atoms with Gasteiger partial charge in [0.1, 0.15) is 5.83 Å². The molecule has 0 atom stereocenters. The van der Waals surface area contributed by atoms with Crippen molar-refractivity contribution in [3.05, 3.63) is 10.8 Å². The zero-order valence-electron chi connectivity index (χ0n) is 6.65. The number of halogens is 2. The maximum Gasteiger partial charge on any atom is 0.107 e. The molecule has 2 heteroatoms. The Morgan fingerprint density at radius 2 is 2.00 bits per heavy atom. The van der Waals surface area contributed by atoms with Gasteiger partial charge in [0.15, 0.2) is 0 Å². The Labute approximate surface area is 76.0 Å². The van der Waals surface area contributed by atoms with Crippen LogP contribution in [0.5, 0.6) is 0 Å². The van der Waals surface area contributed by atoms with E-state index in [9.17, 15) is 4.39 Å². The van der Waals surface area contributed by atoms with Crippen LogP contribution in [0, 0.1) is 5.92 Å². The van der Waals surface area contributed by atoms with Crippen molar-refractivity contribution in [1.82, 2.24) is 0 Å². The predicted molar refractivity (Wildman–Crippen MR) is 49.3 cm³/mol. The highest BCUT2D eigenvalue weighted by Gasteiger charge is 2.14. The highest BCUT2D eigenvalue weighted by Crippen LogP contribution is 2.29. The van der Waals surface area contributed by atoms with E-state index in [2.05, 4.69) is 15.9 Å². The predicted octanol–water partition coefficient (Wildman–Crippen LogP) is 4.16. The molecule has 0 aliphatic heterocycles. The van der Waals surface area contributed by atoms with Crippen LogP contribution in [-0.2, 0) is 0 Å². The largest absolute Gasteiger partial charge is 0.211 e. The average Bonchev–Trinajstić information content (AvgIpc) is 2.06. The van der Waals surface area contributed by atoms with Gasteiger partial charge in [0.25, 0.3) is 0 Å². The van der Waals surface area contributed by atoms with E-state index >= 15 is 0 Å². The van der Waals surface area contributed by atoms with E-state index < -0.39 is 0 Å². The molecule has 0 nitrogen and oxygen atoms in total. The van der Waals surface area contributed by atoms with Gasteiger partial charge in [-0.1, -0.05) is 48.0 Å². The monoisotopic (exact) mass is 220 g/mol. The molecule has 1 rings (SSSR count). The lowest BCUT2D eigenvalue weighted by molar-refractivity contribution is 0.337. The Kier molecular flexibility index (Phi) is 4.13. The van der Waals surface area contributed by atoms with E-state index in [1.54, 1.807) is 0 Å². The Hall–Kier alpha value is 0.150. The van der Waals surface area contributed by atoms with Crippen LogP contribution in [0.2, 0.25) is 0 Å². The summed E-state index contributed by atoms with van der Waals surface area (Å²) in [6.45, 7) is 0. The number of hydrogen-bond acceptors (Lipinski definition) is 0. The molecule has 1 saturated carbocycles. The second-order valence-corrected chi connectivity index (χ2v) is 3.72. The number of allylic oxidation sites excluding steroid dienone is 1. The first-order valence-electron chi connectivity index (χ1n) is 4.27. The molecule has 0 aromatic heterocycles. The summed E-state index contributed by atoms with van der Waals surface area (Å²) in [7, 11) is 0. The molecular weight excluding hydrogens is 207 g/mol.